The fourth-order valence-corrected chi connectivity index (χ4v) is 0.521. The van der Waals surface area contributed by atoms with Gasteiger partial charge in [0.15, 0.2) is 5.83 Å². The number of nitro groups is 1. The maximum Gasteiger partial charge on any atom is 0.278 e. The smallest absolute Gasteiger partial charge is 0.278 e. The minimum Gasteiger partial charge on any atom is -0.398 e. The van der Waals surface area contributed by atoms with Gasteiger partial charge in [-0.15, -0.1) is 0 Å². The lowest BCUT2D eigenvalue weighted by atomic mass is 10.3. The number of halogens is 2. The summed E-state index contributed by atoms with van der Waals surface area (Å²) in [5.41, 5.74) is 4.70. The Morgan fingerprint density at radius 2 is 2.23 bits per heavy atom. The SMILES string of the molecule is C=C(Br)/C(N)=C\C(F)=C(/C)[N+](=O)[O-]. The number of allylic oxidation sites excluding steroid dienone is 4. The predicted octanol–water partition coefficient (Wildman–Crippen LogP) is 2.22. The zero-order valence-electron chi connectivity index (χ0n) is 6.88. The number of nitrogens with zero attached hydrogens (tertiary/aromatic N) is 1. The van der Waals surface area contributed by atoms with Crippen molar-refractivity contribution in [1.82, 2.24) is 0 Å². The van der Waals surface area contributed by atoms with Crippen molar-refractivity contribution in [3.05, 3.63) is 44.5 Å². The molecule has 13 heavy (non-hydrogen) atoms. The Kier molecular flexibility index (Phi) is 4.33. The van der Waals surface area contributed by atoms with Crippen LogP contribution >= 0.6 is 15.9 Å². The first-order chi connectivity index (χ1) is 5.86. The van der Waals surface area contributed by atoms with Crippen molar-refractivity contribution in [2.75, 3.05) is 0 Å². The molecule has 0 aliphatic carbocycles. The van der Waals surface area contributed by atoms with Crippen molar-refractivity contribution in [2.45, 2.75) is 6.92 Å². The molecule has 0 aromatic heterocycles. The summed E-state index contributed by atoms with van der Waals surface area (Å²) in [5.74, 6) is -0.983. The molecule has 0 aromatic carbocycles. The van der Waals surface area contributed by atoms with Gasteiger partial charge in [0, 0.05) is 23.2 Å². The lowest BCUT2D eigenvalue weighted by molar-refractivity contribution is -0.426. The Bertz CT molecular complexity index is 310. The molecule has 4 nitrogen and oxygen atoms in total. The summed E-state index contributed by atoms with van der Waals surface area (Å²) in [7, 11) is 0. The molecule has 0 aromatic rings. The Morgan fingerprint density at radius 3 is 2.54 bits per heavy atom. The number of rotatable bonds is 3. The number of hydrogen-bond acceptors (Lipinski definition) is 3. The van der Waals surface area contributed by atoms with Gasteiger partial charge in [-0.1, -0.05) is 6.58 Å². The third-order valence-corrected chi connectivity index (χ3v) is 1.67. The Hall–Kier alpha value is -1.17. The monoisotopic (exact) mass is 250 g/mol. The largest absolute Gasteiger partial charge is 0.398 e. The molecule has 0 saturated carbocycles. The standard InChI is InChI=1S/C7H8BrFN2O2/c1-4(8)7(10)3-6(9)5(2)11(12)13/h3H,1,10H2,2H3/b6-5-,7-3+. The molecule has 0 spiro atoms. The first-order valence-corrected chi connectivity index (χ1v) is 3.98. The highest BCUT2D eigenvalue weighted by molar-refractivity contribution is 9.11. The molecule has 0 atom stereocenters. The topological polar surface area (TPSA) is 69.2 Å². The molecule has 6 heteroatoms. The third kappa shape index (κ3) is 3.84. The van der Waals surface area contributed by atoms with Crippen molar-refractivity contribution in [3.63, 3.8) is 0 Å². The van der Waals surface area contributed by atoms with Crippen LogP contribution in [-0.4, -0.2) is 4.92 Å². The van der Waals surface area contributed by atoms with Gasteiger partial charge in [-0.2, -0.15) is 4.39 Å². The lowest BCUT2D eigenvalue weighted by Crippen LogP contribution is -1.99. The Morgan fingerprint density at radius 1 is 1.77 bits per heavy atom. The fourth-order valence-electron chi connectivity index (χ4n) is 0.406. The highest BCUT2D eigenvalue weighted by Gasteiger charge is 2.10. The van der Waals surface area contributed by atoms with E-state index in [0.717, 1.165) is 13.0 Å². The molecule has 0 rings (SSSR count). The van der Waals surface area contributed by atoms with E-state index in [0.29, 0.717) is 0 Å². The molecular formula is C7H8BrFN2O2. The van der Waals surface area contributed by atoms with E-state index in [1.54, 1.807) is 0 Å². The molecule has 0 aliphatic heterocycles. The fraction of sp³-hybridized carbons (Fsp3) is 0.143. The van der Waals surface area contributed by atoms with Crippen molar-refractivity contribution >= 4 is 15.9 Å². The Labute approximate surface area is 82.9 Å². The van der Waals surface area contributed by atoms with Gasteiger partial charge < -0.3 is 5.73 Å². The quantitative estimate of drug-likeness (QED) is 0.475. The van der Waals surface area contributed by atoms with E-state index in [4.69, 9.17) is 5.73 Å². The maximum absolute atomic E-state index is 12.9. The van der Waals surface area contributed by atoms with Gasteiger partial charge in [-0.25, -0.2) is 0 Å². The minimum atomic E-state index is -0.983. The van der Waals surface area contributed by atoms with Crippen LogP contribution in [0.5, 0.6) is 0 Å². The highest BCUT2D eigenvalue weighted by atomic mass is 79.9. The van der Waals surface area contributed by atoms with Gasteiger partial charge in [0.25, 0.3) is 5.70 Å². The predicted molar refractivity (Wildman–Crippen MR) is 51.1 cm³/mol. The molecule has 0 saturated heterocycles. The van der Waals surface area contributed by atoms with Gasteiger partial charge in [0.1, 0.15) is 0 Å². The first kappa shape index (κ1) is 11.8. The minimum absolute atomic E-state index is 0.0127. The van der Waals surface area contributed by atoms with Crippen LogP contribution in [0, 0.1) is 10.1 Å². The second kappa shape index (κ2) is 4.76. The molecular weight excluding hydrogens is 243 g/mol. The van der Waals surface area contributed by atoms with Crippen LogP contribution in [0.3, 0.4) is 0 Å². The molecule has 0 bridgehead atoms. The van der Waals surface area contributed by atoms with Gasteiger partial charge >= 0.3 is 0 Å². The van der Waals surface area contributed by atoms with Crippen molar-refractivity contribution in [3.8, 4) is 0 Å². The zero-order chi connectivity index (χ0) is 10.6. The van der Waals surface area contributed by atoms with Crippen LogP contribution in [0.1, 0.15) is 6.92 Å². The number of hydrogen-bond donors (Lipinski definition) is 1. The number of nitrogens with two attached hydrogens (primary N) is 1. The van der Waals surface area contributed by atoms with Gasteiger partial charge in [0.2, 0.25) is 0 Å². The van der Waals surface area contributed by atoms with E-state index in [-0.39, 0.29) is 10.2 Å². The molecule has 72 valence electrons. The van der Waals surface area contributed by atoms with E-state index < -0.39 is 16.4 Å². The van der Waals surface area contributed by atoms with E-state index in [9.17, 15) is 14.5 Å². The average Bonchev–Trinajstić information content (AvgIpc) is 2.02. The summed E-state index contributed by atoms with van der Waals surface area (Å²) in [4.78, 5) is 9.27. The average molecular weight is 251 g/mol. The lowest BCUT2D eigenvalue weighted by Gasteiger charge is -1.95. The summed E-state index contributed by atoms with van der Waals surface area (Å²) in [6.45, 7) is 4.43. The van der Waals surface area contributed by atoms with Crippen LogP contribution in [0.25, 0.3) is 0 Å². The molecule has 0 aliphatic rings. The second-order valence-electron chi connectivity index (χ2n) is 2.20. The molecule has 0 heterocycles. The van der Waals surface area contributed by atoms with E-state index in [1.807, 2.05) is 0 Å². The third-order valence-electron chi connectivity index (χ3n) is 1.21. The maximum atomic E-state index is 12.9. The van der Waals surface area contributed by atoms with Crippen molar-refractivity contribution < 1.29 is 9.31 Å². The van der Waals surface area contributed by atoms with E-state index in [2.05, 4.69) is 22.5 Å². The van der Waals surface area contributed by atoms with E-state index in [1.165, 1.54) is 0 Å². The first-order valence-electron chi connectivity index (χ1n) is 3.19. The van der Waals surface area contributed by atoms with Crippen molar-refractivity contribution in [2.24, 2.45) is 5.73 Å². The Balaban J connectivity index is 4.92. The summed E-state index contributed by atoms with van der Waals surface area (Å²) >= 11 is 2.91. The molecule has 2 N–H and O–H groups in total. The van der Waals surface area contributed by atoms with Gasteiger partial charge in [-0.05, 0) is 15.9 Å². The van der Waals surface area contributed by atoms with Crippen LogP contribution in [0.2, 0.25) is 0 Å². The molecule has 0 amide bonds. The van der Waals surface area contributed by atoms with Crippen LogP contribution in [0.15, 0.2) is 34.4 Å². The molecule has 0 unspecified atom stereocenters. The molecule has 0 radical (unpaired) electrons. The van der Waals surface area contributed by atoms with Gasteiger partial charge in [0.05, 0.1) is 4.92 Å². The van der Waals surface area contributed by atoms with Crippen molar-refractivity contribution in [1.29, 1.82) is 0 Å². The summed E-state index contributed by atoms with van der Waals surface area (Å²) < 4.78 is 13.2. The van der Waals surface area contributed by atoms with Gasteiger partial charge in [-0.3, -0.25) is 10.1 Å². The van der Waals surface area contributed by atoms with Crippen LogP contribution in [-0.2, 0) is 0 Å². The van der Waals surface area contributed by atoms with Crippen LogP contribution < -0.4 is 5.73 Å². The normalized spacial score (nSPS) is 13.6. The van der Waals surface area contributed by atoms with Crippen LogP contribution in [0.4, 0.5) is 4.39 Å². The van der Waals surface area contributed by atoms with E-state index >= 15 is 0 Å². The summed E-state index contributed by atoms with van der Waals surface area (Å²) in [6, 6.07) is 0. The highest BCUT2D eigenvalue weighted by Crippen LogP contribution is 2.14. The summed E-state index contributed by atoms with van der Waals surface area (Å²) in [5, 5.41) is 10.1. The zero-order valence-corrected chi connectivity index (χ0v) is 8.47. The molecule has 0 fully saturated rings. The summed E-state index contributed by atoms with van der Waals surface area (Å²) in [6.07, 6.45) is 0.842. The second-order valence-corrected chi connectivity index (χ2v) is 3.15.